The fraction of sp³-hybridized carbons (Fsp3) is 0.769. The van der Waals surface area contributed by atoms with E-state index in [1.165, 1.54) is 0 Å². The van der Waals surface area contributed by atoms with E-state index in [1.54, 1.807) is 7.11 Å². The van der Waals surface area contributed by atoms with Crippen LogP contribution in [0.15, 0.2) is 4.52 Å². The van der Waals surface area contributed by atoms with Gasteiger partial charge in [-0.2, -0.15) is 4.98 Å². The van der Waals surface area contributed by atoms with Gasteiger partial charge in [0, 0.05) is 7.11 Å². The molecule has 0 aliphatic heterocycles. The number of methoxy groups -OCH3 is 1. The summed E-state index contributed by atoms with van der Waals surface area (Å²) in [5, 5.41) is 12.5. The smallest absolute Gasteiger partial charge is 0.329 e. The second-order valence-corrected chi connectivity index (χ2v) is 5.28. The molecule has 1 aromatic rings. The molecule has 7 heteroatoms. The van der Waals surface area contributed by atoms with Crippen LogP contribution in [0.4, 0.5) is 0 Å². The number of aromatic nitrogens is 2. The number of aliphatic carboxylic acids is 1. The first-order valence-corrected chi connectivity index (χ1v) is 6.73. The van der Waals surface area contributed by atoms with Crippen molar-refractivity contribution in [1.82, 2.24) is 10.1 Å². The first-order valence-electron chi connectivity index (χ1n) is 6.73. The summed E-state index contributed by atoms with van der Waals surface area (Å²) in [5.74, 6) is 0.458. The molecule has 0 aromatic carbocycles. The third kappa shape index (κ3) is 3.34. The van der Waals surface area contributed by atoms with E-state index in [9.17, 15) is 4.79 Å². The molecule has 0 radical (unpaired) electrons. The van der Waals surface area contributed by atoms with Gasteiger partial charge in [0.25, 0.3) is 5.89 Å². The average molecular weight is 284 g/mol. The minimum Gasteiger partial charge on any atom is -0.480 e. The first-order chi connectivity index (χ1) is 9.55. The van der Waals surface area contributed by atoms with Crippen molar-refractivity contribution >= 4 is 5.97 Å². The van der Waals surface area contributed by atoms with Gasteiger partial charge in [0.1, 0.15) is 18.8 Å². The second kappa shape index (κ2) is 6.32. The SMILES string of the molecule is COC1(c2noc(COCC(=O)O)n2)CCC(C)CC1. The first kappa shape index (κ1) is 14.9. The van der Waals surface area contributed by atoms with Crippen LogP contribution in [-0.4, -0.2) is 34.9 Å². The molecule has 1 aliphatic rings. The van der Waals surface area contributed by atoms with Crippen molar-refractivity contribution in [3.8, 4) is 0 Å². The molecule has 1 N–H and O–H groups in total. The molecule has 1 heterocycles. The maximum atomic E-state index is 10.4. The minimum atomic E-state index is -1.03. The summed E-state index contributed by atoms with van der Waals surface area (Å²) in [7, 11) is 1.66. The Labute approximate surface area is 117 Å². The highest BCUT2D eigenvalue weighted by molar-refractivity contribution is 5.67. The molecule has 0 atom stereocenters. The lowest BCUT2D eigenvalue weighted by Crippen LogP contribution is -2.34. The number of ether oxygens (including phenoxy) is 2. The van der Waals surface area contributed by atoms with Crippen molar-refractivity contribution in [3.05, 3.63) is 11.7 Å². The van der Waals surface area contributed by atoms with E-state index < -0.39 is 11.6 Å². The quantitative estimate of drug-likeness (QED) is 0.849. The average Bonchev–Trinajstić information content (AvgIpc) is 2.89. The van der Waals surface area contributed by atoms with Crippen LogP contribution in [-0.2, 0) is 26.5 Å². The molecule has 0 amide bonds. The van der Waals surface area contributed by atoms with E-state index in [2.05, 4.69) is 17.1 Å². The molecule has 0 saturated heterocycles. The minimum absolute atomic E-state index is 0.00447. The van der Waals surface area contributed by atoms with Crippen molar-refractivity contribution in [2.45, 2.75) is 44.8 Å². The Balaban J connectivity index is 2.01. The highest BCUT2D eigenvalue weighted by atomic mass is 16.5. The Morgan fingerprint density at radius 2 is 2.20 bits per heavy atom. The van der Waals surface area contributed by atoms with Crippen LogP contribution < -0.4 is 0 Å². The van der Waals surface area contributed by atoms with Crippen molar-refractivity contribution in [3.63, 3.8) is 0 Å². The summed E-state index contributed by atoms with van der Waals surface area (Å²) < 4.78 is 15.7. The van der Waals surface area contributed by atoms with Crippen molar-refractivity contribution in [2.24, 2.45) is 5.92 Å². The Morgan fingerprint density at radius 3 is 2.80 bits per heavy atom. The largest absolute Gasteiger partial charge is 0.480 e. The normalized spacial score (nSPS) is 26.6. The van der Waals surface area contributed by atoms with Crippen molar-refractivity contribution < 1.29 is 23.9 Å². The number of hydrogen-bond donors (Lipinski definition) is 1. The number of carbonyl (C=O) groups is 1. The summed E-state index contributed by atoms with van der Waals surface area (Å²) in [4.78, 5) is 14.6. The highest BCUT2D eigenvalue weighted by Crippen LogP contribution is 2.40. The van der Waals surface area contributed by atoms with Crippen LogP contribution >= 0.6 is 0 Å². The lowest BCUT2D eigenvalue weighted by atomic mass is 9.79. The van der Waals surface area contributed by atoms with Crippen molar-refractivity contribution in [2.75, 3.05) is 13.7 Å². The molecule has 0 spiro atoms. The highest BCUT2D eigenvalue weighted by Gasteiger charge is 2.40. The number of carboxylic acid groups (broad SMARTS) is 1. The summed E-state index contributed by atoms with van der Waals surface area (Å²) in [6.07, 6.45) is 3.85. The number of carboxylic acids is 1. The summed E-state index contributed by atoms with van der Waals surface area (Å²) in [5.41, 5.74) is -0.485. The van der Waals surface area contributed by atoms with Gasteiger partial charge < -0.3 is 19.1 Å². The van der Waals surface area contributed by atoms with Crippen LogP contribution in [0.3, 0.4) is 0 Å². The molecular weight excluding hydrogens is 264 g/mol. The maximum absolute atomic E-state index is 10.4. The van der Waals surface area contributed by atoms with Crippen LogP contribution in [0.25, 0.3) is 0 Å². The molecule has 1 fully saturated rings. The van der Waals surface area contributed by atoms with Crippen LogP contribution in [0.5, 0.6) is 0 Å². The van der Waals surface area contributed by atoms with Gasteiger partial charge in [-0.15, -0.1) is 0 Å². The Kier molecular flexibility index (Phi) is 4.72. The molecule has 0 bridgehead atoms. The molecule has 0 unspecified atom stereocenters. The van der Waals surface area contributed by atoms with Gasteiger partial charge in [0.05, 0.1) is 0 Å². The zero-order chi connectivity index (χ0) is 14.6. The number of hydrogen-bond acceptors (Lipinski definition) is 6. The second-order valence-electron chi connectivity index (χ2n) is 5.28. The summed E-state index contributed by atoms with van der Waals surface area (Å²) in [6, 6.07) is 0. The molecule has 2 rings (SSSR count). The van der Waals surface area contributed by atoms with Gasteiger partial charge in [0.15, 0.2) is 0 Å². The van der Waals surface area contributed by atoms with Crippen LogP contribution in [0.2, 0.25) is 0 Å². The standard InChI is InChI=1S/C13H20N2O5/c1-9-3-5-13(18-2,6-4-9)12-14-10(20-15-12)7-19-8-11(16)17/h9H,3-8H2,1-2H3,(H,16,17). The maximum Gasteiger partial charge on any atom is 0.329 e. The van der Waals surface area contributed by atoms with Crippen molar-refractivity contribution in [1.29, 1.82) is 0 Å². The zero-order valence-corrected chi connectivity index (χ0v) is 11.8. The molecule has 112 valence electrons. The molecule has 1 aliphatic carbocycles. The van der Waals surface area contributed by atoms with Gasteiger partial charge in [-0.1, -0.05) is 12.1 Å². The van der Waals surface area contributed by atoms with E-state index in [0.29, 0.717) is 11.7 Å². The molecule has 20 heavy (non-hydrogen) atoms. The van der Waals surface area contributed by atoms with Gasteiger partial charge in [-0.3, -0.25) is 0 Å². The summed E-state index contributed by atoms with van der Waals surface area (Å²) in [6.45, 7) is 1.83. The number of nitrogens with zero attached hydrogens (tertiary/aromatic N) is 2. The lowest BCUT2D eigenvalue weighted by molar-refractivity contribution is -0.142. The predicted molar refractivity (Wildman–Crippen MR) is 67.9 cm³/mol. The van der Waals surface area contributed by atoms with Gasteiger partial charge in [-0.05, 0) is 31.6 Å². The lowest BCUT2D eigenvalue weighted by Gasteiger charge is -2.35. The molecular formula is C13H20N2O5. The van der Waals surface area contributed by atoms with Gasteiger partial charge in [-0.25, -0.2) is 4.79 Å². The fourth-order valence-corrected chi connectivity index (χ4v) is 2.47. The topological polar surface area (TPSA) is 94.7 Å². The summed E-state index contributed by atoms with van der Waals surface area (Å²) >= 11 is 0. The molecule has 1 aromatic heterocycles. The Hall–Kier alpha value is -1.47. The molecule has 7 nitrogen and oxygen atoms in total. The number of rotatable bonds is 6. The third-order valence-corrected chi connectivity index (χ3v) is 3.80. The van der Waals surface area contributed by atoms with E-state index >= 15 is 0 Å². The van der Waals surface area contributed by atoms with Crippen LogP contribution in [0, 0.1) is 5.92 Å². The Bertz CT molecular complexity index is 451. The van der Waals surface area contributed by atoms with Gasteiger partial charge >= 0.3 is 5.97 Å². The van der Waals surface area contributed by atoms with Crippen LogP contribution in [0.1, 0.15) is 44.3 Å². The van der Waals surface area contributed by atoms with E-state index in [1.807, 2.05) is 0 Å². The van der Waals surface area contributed by atoms with Gasteiger partial charge in [0.2, 0.25) is 5.82 Å². The Morgan fingerprint density at radius 1 is 1.50 bits per heavy atom. The molecule has 1 saturated carbocycles. The zero-order valence-electron chi connectivity index (χ0n) is 11.8. The predicted octanol–water partition coefficient (Wildman–Crippen LogP) is 1.72. The van der Waals surface area contributed by atoms with E-state index in [4.69, 9.17) is 19.1 Å². The van der Waals surface area contributed by atoms with E-state index in [-0.39, 0.29) is 19.1 Å². The monoisotopic (exact) mass is 284 g/mol. The third-order valence-electron chi connectivity index (χ3n) is 3.80. The fourth-order valence-electron chi connectivity index (χ4n) is 2.47. The van der Waals surface area contributed by atoms with E-state index in [0.717, 1.165) is 25.7 Å².